The fourth-order valence-electron chi connectivity index (χ4n) is 3.06. The average molecular weight is 356 g/mol. The maximum absolute atomic E-state index is 6.38. The smallest absolute Gasteiger partial charge is 0.114 e. The van der Waals surface area contributed by atoms with Crippen molar-refractivity contribution < 1.29 is 14.2 Å². The van der Waals surface area contributed by atoms with Crippen LogP contribution in [0.15, 0.2) is 12.3 Å². The largest absolute Gasteiger partial charge is 0.373 e. The summed E-state index contributed by atoms with van der Waals surface area (Å²) in [5.41, 5.74) is -0.182. The third-order valence-corrected chi connectivity index (χ3v) is 4.03. The molecule has 1 heterocycles. The highest BCUT2D eigenvalue weighted by atomic mass is 16.6. The minimum Gasteiger partial charge on any atom is -0.373 e. The molecule has 148 valence electrons. The number of ether oxygens (including phenoxy) is 3. The van der Waals surface area contributed by atoms with Crippen molar-refractivity contribution in [1.29, 1.82) is 0 Å². The molecule has 0 aromatic carbocycles. The second kappa shape index (κ2) is 8.88. The van der Waals surface area contributed by atoms with E-state index in [1.54, 1.807) is 0 Å². The lowest BCUT2D eigenvalue weighted by molar-refractivity contribution is -0.178. The number of rotatable bonds is 5. The highest BCUT2D eigenvalue weighted by Crippen LogP contribution is 2.27. The standard InChI is InChI=1S/C21H41NO3/c1-15(2)23-17-11-13-22(20(5,6)7)14-12-18(25-21(8,9)10)19(17)24-16(3)4/h12,14-19H,11,13H2,1-10H3/b14-12-. The minimum absolute atomic E-state index is 0.00421. The first-order chi connectivity index (χ1) is 11.3. The summed E-state index contributed by atoms with van der Waals surface area (Å²) in [6, 6.07) is 0. The van der Waals surface area contributed by atoms with E-state index in [1.165, 1.54) is 0 Å². The Morgan fingerprint density at radius 2 is 1.48 bits per heavy atom. The van der Waals surface area contributed by atoms with Crippen LogP contribution < -0.4 is 0 Å². The lowest BCUT2D eigenvalue weighted by Crippen LogP contribution is -2.50. The third kappa shape index (κ3) is 8.10. The zero-order valence-electron chi connectivity index (χ0n) is 18.1. The molecule has 0 aromatic rings. The van der Waals surface area contributed by atoms with E-state index in [1.807, 2.05) is 0 Å². The molecule has 0 saturated heterocycles. The van der Waals surface area contributed by atoms with Crippen molar-refractivity contribution in [3.8, 4) is 0 Å². The molecular formula is C21H41NO3. The normalized spacial score (nSPS) is 27.5. The lowest BCUT2D eigenvalue weighted by atomic mass is 9.98. The minimum atomic E-state index is -0.248. The van der Waals surface area contributed by atoms with Gasteiger partial charge in [-0.1, -0.05) is 0 Å². The Hall–Kier alpha value is -0.580. The van der Waals surface area contributed by atoms with Gasteiger partial charge < -0.3 is 19.1 Å². The second-order valence-electron chi connectivity index (χ2n) is 9.56. The summed E-state index contributed by atoms with van der Waals surface area (Å²) >= 11 is 0. The van der Waals surface area contributed by atoms with Crippen molar-refractivity contribution in [3.63, 3.8) is 0 Å². The fourth-order valence-corrected chi connectivity index (χ4v) is 3.06. The van der Waals surface area contributed by atoms with Crippen LogP contribution >= 0.6 is 0 Å². The topological polar surface area (TPSA) is 30.9 Å². The summed E-state index contributed by atoms with van der Waals surface area (Å²) in [4.78, 5) is 2.37. The van der Waals surface area contributed by atoms with Gasteiger partial charge in [0, 0.05) is 12.1 Å². The average Bonchev–Trinajstić information content (AvgIpc) is 2.37. The number of nitrogens with zero attached hydrogens (tertiary/aromatic N) is 1. The summed E-state index contributed by atoms with van der Waals surface area (Å²) in [5.74, 6) is 0. The van der Waals surface area contributed by atoms with E-state index in [0.717, 1.165) is 13.0 Å². The van der Waals surface area contributed by atoms with E-state index in [-0.39, 0.29) is 41.7 Å². The van der Waals surface area contributed by atoms with Crippen molar-refractivity contribution in [2.24, 2.45) is 0 Å². The number of hydrogen-bond donors (Lipinski definition) is 0. The van der Waals surface area contributed by atoms with Gasteiger partial charge in [0.05, 0.1) is 23.9 Å². The van der Waals surface area contributed by atoms with E-state index < -0.39 is 0 Å². The Balaban J connectivity index is 3.20. The molecule has 0 fully saturated rings. The highest BCUT2D eigenvalue weighted by molar-refractivity contribution is 5.02. The Morgan fingerprint density at radius 1 is 0.920 bits per heavy atom. The first-order valence-corrected chi connectivity index (χ1v) is 9.73. The van der Waals surface area contributed by atoms with Crippen LogP contribution in [0.2, 0.25) is 0 Å². The summed E-state index contributed by atoms with van der Waals surface area (Å²) in [5, 5.41) is 0. The molecule has 0 amide bonds. The Kier molecular flexibility index (Phi) is 7.97. The zero-order valence-corrected chi connectivity index (χ0v) is 18.1. The van der Waals surface area contributed by atoms with Crippen LogP contribution in [0.5, 0.6) is 0 Å². The molecule has 0 saturated carbocycles. The predicted molar refractivity (Wildman–Crippen MR) is 105 cm³/mol. The molecule has 0 aliphatic carbocycles. The maximum Gasteiger partial charge on any atom is 0.114 e. The van der Waals surface area contributed by atoms with Gasteiger partial charge >= 0.3 is 0 Å². The van der Waals surface area contributed by atoms with Gasteiger partial charge in [0.25, 0.3) is 0 Å². The van der Waals surface area contributed by atoms with Gasteiger partial charge in [-0.3, -0.25) is 0 Å². The van der Waals surface area contributed by atoms with Crippen molar-refractivity contribution in [2.45, 2.75) is 117 Å². The van der Waals surface area contributed by atoms with Gasteiger partial charge in [-0.15, -0.1) is 0 Å². The van der Waals surface area contributed by atoms with Crippen LogP contribution in [0, 0.1) is 0 Å². The number of hydrogen-bond acceptors (Lipinski definition) is 4. The van der Waals surface area contributed by atoms with Crippen LogP contribution in [-0.4, -0.2) is 53.1 Å². The fraction of sp³-hybridized carbons (Fsp3) is 0.905. The van der Waals surface area contributed by atoms with Crippen LogP contribution in [0.4, 0.5) is 0 Å². The van der Waals surface area contributed by atoms with Crippen molar-refractivity contribution in [2.75, 3.05) is 6.54 Å². The molecule has 0 radical (unpaired) electrons. The third-order valence-electron chi connectivity index (χ3n) is 4.03. The van der Waals surface area contributed by atoms with Crippen LogP contribution in [0.1, 0.15) is 75.7 Å². The summed E-state index contributed by atoms with van der Waals surface area (Å²) in [6.45, 7) is 22.2. The van der Waals surface area contributed by atoms with Crippen LogP contribution in [0.3, 0.4) is 0 Å². The molecule has 25 heavy (non-hydrogen) atoms. The molecule has 1 aliphatic heterocycles. The molecule has 0 aromatic heterocycles. The van der Waals surface area contributed by atoms with Gasteiger partial charge in [-0.25, -0.2) is 0 Å². The monoisotopic (exact) mass is 355 g/mol. The van der Waals surface area contributed by atoms with Crippen molar-refractivity contribution in [3.05, 3.63) is 12.3 Å². The van der Waals surface area contributed by atoms with E-state index in [9.17, 15) is 0 Å². The summed E-state index contributed by atoms with van der Waals surface area (Å²) < 4.78 is 19.0. The molecule has 1 rings (SSSR count). The summed E-state index contributed by atoms with van der Waals surface area (Å²) in [7, 11) is 0. The van der Waals surface area contributed by atoms with E-state index in [0.29, 0.717) is 0 Å². The molecule has 0 N–H and O–H groups in total. The first kappa shape index (κ1) is 22.5. The van der Waals surface area contributed by atoms with Gasteiger partial charge in [-0.2, -0.15) is 0 Å². The second-order valence-corrected chi connectivity index (χ2v) is 9.56. The maximum atomic E-state index is 6.38. The van der Waals surface area contributed by atoms with E-state index in [4.69, 9.17) is 14.2 Å². The molecule has 4 heteroatoms. The van der Waals surface area contributed by atoms with E-state index >= 15 is 0 Å². The quantitative estimate of drug-likeness (QED) is 0.710. The molecule has 3 atom stereocenters. The Bertz CT molecular complexity index is 418. The van der Waals surface area contributed by atoms with Gasteiger partial charge in [0.15, 0.2) is 0 Å². The SMILES string of the molecule is CC(C)OC1CCN(C(C)(C)C)/C=C\C(OC(C)(C)C)C1OC(C)C. The molecular weight excluding hydrogens is 314 g/mol. The molecule has 3 unspecified atom stereocenters. The van der Waals surface area contributed by atoms with Crippen molar-refractivity contribution in [1.82, 2.24) is 4.90 Å². The van der Waals surface area contributed by atoms with E-state index in [2.05, 4.69) is 86.4 Å². The Morgan fingerprint density at radius 3 is 1.92 bits per heavy atom. The molecule has 4 nitrogen and oxygen atoms in total. The Labute approximate surface area is 155 Å². The zero-order chi connectivity index (χ0) is 19.4. The van der Waals surface area contributed by atoms with Gasteiger partial charge in [0.1, 0.15) is 12.2 Å². The van der Waals surface area contributed by atoms with Crippen molar-refractivity contribution >= 4 is 0 Å². The summed E-state index contributed by atoms with van der Waals surface area (Å²) in [6.07, 6.45) is 5.28. The molecule has 0 bridgehead atoms. The predicted octanol–water partition coefficient (Wildman–Crippen LogP) is 4.78. The first-order valence-electron chi connectivity index (χ1n) is 9.73. The van der Waals surface area contributed by atoms with Crippen LogP contribution in [0.25, 0.3) is 0 Å². The van der Waals surface area contributed by atoms with Crippen LogP contribution in [-0.2, 0) is 14.2 Å². The lowest BCUT2D eigenvalue weighted by Gasteiger charge is -2.42. The molecule has 1 aliphatic rings. The van der Waals surface area contributed by atoms with Gasteiger partial charge in [-0.05, 0) is 87.9 Å². The highest BCUT2D eigenvalue weighted by Gasteiger charge is 2.36. The van der Waals surface area contributed by atoms with Gasteiger partial charge in [0.2, 0.25) is 0 Å². The molecule has 0 spiro atoms.